The number of ether oxygens (including phenoxy) is 1. The Bertz CT molecular complexity index is 432. The van der Waals surface area contributed by atoms with Crippen molar-refractivity contribution in [3.63, 3.8) is 0 Å². The van der Waals surface area contributed by atoms with E-state index >= 15 is 0 Å². The predicted octanol–water partition coefficient (Wildman–Crippen LogP) is 4.26. The summed E-state index contributed by atoms with van der Waals surface area (Å²) in [5.74, 6) is -1.46. The fraction of sp³-hybridized carbons (Fsp3) is 0.562. The number of carbonyl (C=O) groups is 1. The Morgan fingerprint density at radius 1 is 1.40 bits per heavy atom. The molecule has 0 fully saturated rings. The van der Waals surface area contributed by atoms with Crippen molar-refractivity contribution in [3.8, 4) is 0 Å². The maximum absolute atomic E-state index is 13.9. The molecular formula is C16H23FO3. The summed E-state index contributed by atoms with van der Waals surface area (Å²) in [6.45, 7) is 4.98. The Kier molecular flexibility index (Phi) is 7.23. The summed E-state index contributed by atoms with van der Waals surface area (Å²) in [5.41, 5.74) is -0.000584. The molecule has 112 valence electrons. The highest BCUT2D eigenvalue weighted by Gasteiger charge is 2.14. The fourth-order valence-corrected chi connectivity index (χ4v) is 2.09. The van der Waals surface area contributed by atoms with E-state index < -0.39 is 11.8 Å². The Morgan fingerprint density at radius 3 is 2.75 bits per heavy atom. The number of rotatable bonds is 9. The van der Waals surface area contributed by atoms with Crippen molar-refractivity contribution in [2.75, 3.05) is 6.61 Å². The summed E-state index contributed by atoms with van der Waals surface area (Å²) in [6, 6.07) is 4.37. The molecule has 0 saturated heterocycles. The van der Waals surface area contributed by atoms with Crippen LogP contribution in [0.1, 0.15) is 55.5 Å². The minimum atomic E-state index is -1.25. The van der Waals surface area contributed by atoms with Gasteiger partial charge in [-0.3, -0.25) is 0 Å². The molecule has 4 heteroatoms. The lowest BCUT2D eigenvalue weighted by atomic mass is 10.0. The van der Waals surface area contributed by atoms with Gasteiger partial charge in [0.1, 0.15) is 5.82 Å². The Labute approximate surface area is 119 Å². The molecule has 1 rings (SSSR count). The second kappa shape index (κ2) is 8.69. The van der Waals surface area contributed by atoms with Crippen LogP contribution in [0.2, 0.25) is 0 Å². The molecule has 0 saturated carbocycles. The highest BCUT2D eigenvalue weighted by Crippen LogP contribution is 2.17. The van der Waals surface area contributed by atoms with E-state index in [4.69, 9.17) is 9.84 Å². The number of hydrogen-bond acceptors (Lipinski definition) is 2. The fourth-order valence-electron chi connectivity index (χ4n) is 2.09. The van der Waals surface area contributed by atoms with Gasteiger partial charge in [0.25, 0.3) is 0 Å². The summed E-state index contributed by atoms with van der Waals surface area (Å²) in [7, 11) is 0. The van der Waals surface area contributed by atoms with E-state index in [1.54, 1.807) is 12.1 Å². The molecule has 0 radical (unpaired) electrons. The van der Waals surface area contributed by atoms with E-state index in [1.807, 2.05) is 0 Å². The van der Waals surface area contributed by atoms with Crippen LogP contribution in [-0.4, -0.2) is 17.7 Å². The van der Waals surface area contributed by atoms with Crippen molar-refractivity contribution in [1.82, 2.24) is 0 Å². The maximum Gasteiger partial charge on any atom is 0.338 e. The molecule has 0 bridgehead atoms. The lowest BCUT2D eigenvalue weighted by Crippen LogP contribution is -2.10. The van der Waals surface area contributed by atoms with Crippen LogP contribution in [0.3, 0.4) is 0 Å². The standard InChI is InChI=1S/C16H23FO3/c1-3-5-7-12(4-2)10-20-11-13-8-6-9-14(15(13)17)16(18)19/h6,8-9,12H,3-5,7,10-11H2,1-2H3,(H,18,19). The van der Waals surface area contributed by atoms with Gasteiger partial charge in [-0.2, -0.15) is 0 Å². The highest BCUT2D eigenvalue weighted by atomic mass is 19.1. The van der Waals surface area contributed by atoms with Gasteiger partial charge >= 0.3 is 5.97 Å². The molecule has 0 aliphatic carbocycles. The first-order valence-electron chi connectivity index (χ1n) is 7.18. The Balaban J connectivity index is 2.53. The van der Waals surface area contributed by atoms with Crippen molar-refractivity contribution in [1.29, 1.82) is 0 Å². The predicted molar refractivity (Wildman–Crippen MR) is 76.3 cm³/mol. The molecule has 0 aromatic heterocycles. The van der Waals surface area contributed by atoms with E-state index in [0.717, 1.165) is 19.3 Å². The number of hydrogen-bond donors (Lipinski definition) is 1. The molecule has 0 heterocycles. The molecule has 1 aromatic rings. The van der Waals surface area contributed by atoms with Gasteiger partial charge in [0.15, 0.2) is 0 Å². The highest BCUT2D eigenvalue weighted by molar-refractivity contribution is 5.88. The first-order valence-corrected chi connectivity index (χ1v) is 7.18. The van der Waals surface area contributed by atoms with Gasteiger partial charge in [-0.1, -0.05) is 45.2 Å². The number of halogens is 1. The molecule has 0 spiro atoms. The Morgan fingerprint density at radius 2 is 2.15 bits per heavy atom. The smallest absolute Gasteiger partial charge is 0.338 e. The van der Waals surface area contributed by atoms with E-state index in [-0.39, 0.29) is 12.2 Å². The quantitative estimate of drug-likeness (QED) is 0.736. The van der Waals surface area contributed by atoms with Crippen LogP contribution < -0.4 is 0 Å². The van der Waals surface area contributed by atoms with Crippen molar-refractivity contribution in [2.24, 2.45) is 5.92 Å². The van der Waals surface area contributed by atoms with Crippen LogP contribution >= 0.6 is 0 Å². The van der Waals surface area contributed by atoms with Crippen LogP contribution in [0, 0.1) is 11.7 Å². The van der Waals surface area contributed by atoms with Gasteiger partial charge in [0, 0.05) is 12.2 Å². The maximum atomic E-state index is 13.9. The van der Waals surface area contributed by atoms with E-state index in [1.165, 1.54) is 12.5 Å². The van der Waals surface area contributed by atoms with Crippen molar-refractivity contribution in [2.45, 2.75) is 46.1 Å². The van der Waals surface area contributed by atoms with Gasteiger partial charge in [0.05, 0.1) is 12.2 Å². The van der Waals surface area contributed by atoms with Gasteiger partial charge in [-0.05, 0) is 18.4 Å². The summed E-state index contributed by atoms with van der Waals surface area (Å²) < 4.78 is 19.4. The number of carboxylic acid groups (broad SMARTS) is 1. The second-order valence-corrected chi connectivity index (χ2v) is 5.02. The zero-order chi connectivity index (χ0) is 15.0. The van der Waals surface area contributed by atoms with E-state index in [9.17, 15) is 9.18 Å². The third kappa shape index (κ3) is 4.93. The molecule has 0 amide bonds. The molecule has 1 N–H and O–H groups in total. The average Bonchev–Trinajstić information content (AvgIpc) is 2.44. The van der Waals surface area contributed by atoms with Crippen LogP contribution in [0.5, 0.6) is 0 Å². The van der Waals surface area contributed by atoms with Gasteiger partial charge in [-0.15, -0.1) is 0 Å². The molecule has 1 aromatic carbocycles. The van der Waals surface area contributed by atoms with E-state index in [0.29, 0.717) is 18.1 Å². The molecular weight excluding hydrogens is 259 g/mol. The third-order valence-corrected chi connectivity index (χ3v) is 3.46. The average molecular weight is 282 g/mol. The number of carboxylic acids is 1. The largest absolute Gasteiger partial charge is 0.478 e. The lowest BCUT2D eigenvalue weighted by molar-refractivity contribution is 0.0686. The lowest BCUT2D eigenvalue weighted by Gasteiger charge is -2.15. The first kappa shape index (κ1) is 16.6. The van der Waals surface area contributed by atoms with Gasteiger partial charge in [-0.25, -0.2) is 9.18 Å². The normalized spacial score (nSPS) is 12.3. The minimum Gasteiger partial charge on any atom is -0.478 e. The Hall–Kier alpha value is -1.42. The summed E-state index contributed by atoms with van der Waals surface area (Å²) in [6.07, 6.45) is 4.48. The summed E-state index contributed by atoms with van der Waals surface area (Å²) >= 11 is 0. The van der Waals surface area contributed by atoms with E-state index in [2.05, 4.69) is 13.8 Å². The SMILES string of the molecule is CCCCC(CC)COCc1cccc(C(=O)O)c1F. The van der Waals surface area contributed by atoms with Crippen LogP contribution in [0.4, 0.5) is 4.39 Å². The summed E-state index contributed by atoms with van der Waals surface area (Å²) in [4.78, 5) is 10.8. The first-order chi connectivity index (χ1) is 9.60. The molecule has 0 aliphatic rings. The molecule has 1 atom stereocenters. The van der Waals surface area contributed by atoms with Crippen molar-refractivity contribution >= 4 is 5.97 Å². The molecule has 3 nitrogen and oxygen atoms in total. The summed E-state index contributed by atoms with van der Waals surface area (Å²) in [5, 5.41) is 8.86. The topological polar surface area (TPSA) is 46.5 Å². The number of benzene rings is 1. The molecule has 1 unspecified atom stereocenters. The van der Waals surface area contributed by atoms with Gasteiger partial charge in [0.2, 0.25) is 0 Å². The van der Waals surface area contributed by atoms with Crippen LogP contribution in [0.15, 0.2) is 18.2 Å². The van der Waals surface area contributed by atoms with Crippen molar-refractivity contribution < 1.29 is 19.0 Å². The van der Waals surface area contributed by atoms with Crippen molar-refractivity contribution in [3.05, 3.63) is 35.1 Å². The van der Waals surface area contributed by atoms with Gasteiger partial charge < -0.3 is 9.84 Å². The number of aromatic carboxylic acids is 1. The molecule has 0 aliphatic heterocycles. The monoisotopic (exact) mass is 282 g/mol. The second-order valence-electron chi connectivity index (χ2n) is 5.02. The third-order valence-electron chi connectivity index (χ3n) is 3.46. The minimum absolute atomic E-state index is 0.121. The number of unbranched alkanes of at least 4 members (excludes halogenated alkanes) is 1. The molecule has 20 heavy (non-hydrogen) atoms. The zero-order valence-electron chi connectivity index (χ0n) is 12.2. The zero-order valence-corrected chi connectivity index (χ0v) is 12.2. The van der Waals surface area contributed by atoms with Crippen LogP contribution in [-0.2, 0) is 11.3 Å². The van der Waals surface area contributed by atoms with Crippen LogP contribution in [0.25, 0.3) is 0 Å².